The molecule has 98 valence electrons. The Labute approximate surface area is 110 Å². The summed E-state index contributed by atoms with van der Waals surface area (Å²) in [5, 5.41) is 4.02. The standard InChI is InChI=1S/C14H26N2S/c1-14(2)5-8-17-10-13(14)15-12-9-16-6-3-11(12)4-7-16/h11-13,15H,3-10H2,1-2H3. The van der Waals surface area contributed by atoms with Crippen molar-refractivity contribution < 1.29 is 0 Å². The summed E-state index contributed by atoms with van der Waals surface area (Å²) in [5.41, 5.74) is 0.497. The number of thioether (sulfide) groups is 1. The van der Waals surface area contributed by atoms with Crippen LogP contribution >= 0.6 is 11.8 Å². The minimum Gasteiger partial charge on any atom is -0.308 e. The molecule has 0 aliphatic carbocycles. The summed E-state index contributed by atoms with van der Waals surface area (Å²) in [4.78, 5) is 2.65. The smallest absolute Gasteiger partial charge is 0.0227 e. The summed E-state index contributed by atoms with van der Waals surface area (Å²) < 4.78 is 0. The molecule has 4 heterocycles. The second kappa shape index (κ2) is 4.75. The van der Waals surface area contributed by atoms with Crippen LogP contribution in [0.1, 0.15) is 33.1 Å². The van der Waals surface area contributed by atoms with Gasteiger partial charge < -0.3 is 10.2 Å². The highest BCUT2D eigenvalue weighted by atomic mass is 32.2. The first-order chi connectivity index (χ1) is 8.15. The Bertz CT molecular complexity index is 271. The summed E-state index contributed by atoms with van der Waals surface area (Å²) in [6.07, 6.45) is 4.23. The van der Waals surface area contributed by atoms with Gasteiger partial charge in [-0.15, -0.1) is 0 Å². The quantitative estimate of drug-likeness (QED) is 0.813. The molecule has 2 bridgehead atoms. The van der Waals surface area contributed by atoms with Crippen molar-refractivity contribution in [3.8, 4) is 0 Å². The van der Waals surface area contributed by atoms with E-state index in [1.54, 1.807) is 0 Å². The van der Waals surface area contributed by atoms with Gasteiger partial charge in [-0.1, -0.05) is 13.8 Å². The average Bonchev–Trinajstić information content (AvgIpc) is 2.33. The highest BCUT2D eigenvalue weighted by molar-refractivity contribution is 7.99. The molecule has 0 aromatic carbocycles. The molecule has 2 atom stereocenters. The Morgan fingerprint density at radius 2 is 2.00 bits per heavy atom. The first-order valence-electron chi connectivity index (χ1n) is 7.21. The van der Waals surface area contributed by atoms with E-state index in [1.165, 1.54) is 50.4 Å². The predicted molar refractivity (Wildman–Crippen MR) is 75.6 cm³/mol. The molecule has 0 spiro atoms. The van der Waals surface area contributed by atoms with Crippen LogP contribution in [0, 0.1) is 11.3 Å². The zero-order valence-electron chi connectivity index (χ0n) is 11.2. The maximum absolute atomic E-state index is 4.02. The number of hydrogen-bond donors (Lipinski definition) is 1. The molecule has 17 heavy (non-hydrogen) atoms. The van der Waals surface area contributed by atoms with Crippen molar-refractivity contribution in [2.24, 2.45) is 11.3 Å². The molecule has 3 heteroatoms. The van der Waals surface area contributed by atoms with Gasteiger partial charge in [0.05, 0.1) is 0 Å². The summed E-state index contributed by atoms with van der Waals surface area (Å²) in [6, 6.07) is 1.51. The van der Waals surface area contributed by atoms with E-state index in [0.29, 0.717) is 5.41 Å². The number of hydrogen-bond acceptors (Lipinski definition) is 3. The zero-order chi connectivity index (χ0) is 11.9. The second-order valence-corrected chi connectivity index (χ2v) is 7.93. The minimum absolute atomic E-state index is 0.497. The van der Waals surface area contributed by atoms with Crippen LogP contribution in [0.3, 0.4) is 0 Å². The van der Waals surface area contributed by atoms with Gasteiger partial charge in [0.25, 0.3) is 0 Å². The molecule has 2 unspecified atom stereocenters. The lowest BCUT2D eigenvalue weighted by atomic mass is 9.79. The normalized spacial score (nSPS) is 44.8. The number of fused-ring (bicyclic) bond motifs is 3. The van der Waals surface area contributed by atoms with Crippen molar-refractivity contribution in [2.45, 2.75) is 45.2 Å². The van der Waals surface area contributed by atoms with Gasteiger partial charge in [-0.3, -0.25) is 0 Å². The van der Waals surface area contributed by atoms with E-state index < -0.39 is 0 Å². The van der Waals surface area contributed by atoms with Crippen molar-refractivity contribution in [2.75, 3.05) is 31.1 Å². The van der Waals surface area contributed by atoms with Gasteiger partial charge in [-0.25, -0.2) is 0 Å². The van der Waals surface area contributed by atoms with Crippen LogP contribution in [0.4, 0.5) is 0 Å². The Hall–Kier alpha value is 0.270. The van der Waals surface area contributed by atoms with E-state index >= 15 is 0 Å². The lowest BCUT2D eigenvalue weighted by molar-refractivity contribution is 0.0571. The SMILES string of the molecule is CC1(C)CCSCC1NC1CN2CCC1CC2. The molecule has 4 rings (SSSR count). The summed E-state index contributed by atoms with van der Waals surface area (Å²) >= 11 is 2.14. The van der Waals surface area contributed by atoms with E-state index in [9.17, 15) is 0 Å². The van der Waals surface area contributed by atoms with Crippen LogP contribution < -0.4 is 5.32 Å². The third-order valence-corrected chi connectivity index (χ3v) is 6.25. The van der Waals surface area contributed by atoms with Crippen LogP contribution in [0.25, 0.3) is 0 Å². The molecule has 4 aliphatic heterocycles. The molecular formula is C14H26N2S. The van der Waals surface area contributed by atoms with Gasteiger partial charge >= 0.3 is 0 Å². The largest absolute Gasteiger partial charge is 0.308 e. The maximum atomic E-state index is 4.02. The van der Waals surface area contributed by atoms with Gasteiger partial charge in [-0.05, 0) is 49.4 Å². The van der Waals surface area contributed by atoms with Crippen molar-refractivity contribution in [1.29, 1.82) is 0 Å². The number of nitrogens with one attached hydrogen (secondary N) is 1. The topological polar surface area (TPSA) is 15.3 Å². The Morgan fingerprint density at radius 1 is 1.24 bits per heavy atom. The number of rotatable bonds is 2. The average molecular weight is 254 g/mol. The highest BCUT2D eigenvalue weighted by Gasteiger charge is 2.39. The van der Waals surface area contributed by atoms with Crippen LogP contribution in [0.15, 0.2) is 0 Å². The summed E-state index contributed by atoms with van der Waals surface area (Å²) in [5.74, 6) is 3.63. The molecule has 4 aliphatic rings. The van der Waals surface area contributed by atoms with Crippen LogP contribution in [-0.2, 0) is 0 Å². The molecule has 4 fully saturated rings. The number of nitrogens with zero attached hydrogens (tertiary/aromatic N) is 1. The molecule has 0 saturated carbocycles. The van der Waals surface area contributed by atoms with Gasteiger partial charge in [0, 0.05) is 24.4 Å². The molecule has 0 radical (unpaired) electrons. The fourth-order valence-corrected chi connectivity index (χ4v) is 5.24. The first-order valence-corrected chi connectivity index (χ1v) is 8.37. The van der Waals surface area contributed by atoms with Crippen LogP contribution in [0.2, 0.25) is 0 Å². The van der Waals surface area contributed by atoms with Crippen molar-refractivity contribution in [1.82, 2.24) is 10.2 Å². The van der Waals surface area contributed by atoms with Crippen LogP contribution in [0.5, 0.6) is 0 Å². The molecule has 0 aromatic rings. The summed E-state index contributed by atoms with van der Waals surface area (Å²) in [6.45, 7) is 8.91. The molecule has 0 amide bonds. The fourth-order valence-electron chi connectivity index (χ4n) is 3.62. The zero-order valence-corrected chi connectivity index (χ0v) is 12.1. The molecule has 2 nitrogen and oxygen atoms in total. The van der Waals surface area contributed by atoms with Crippen LogP contribution in [-0.4, -0.2) is 48.1 Å². The predicted octanol–water partition coefficient (Wildman–Crippen LogP) is 2.20. The molecular weight excluding hydrogens is 228 g/mol. The van der Waals surface area contributed by atoms with Gasteiger partial charge in [0.15, 0.2) is 0 Å². The fraction of sp³-hybridized carbons (Fsp3) is 1.00. The second-order valence-electron chi connectivity index (χ2n) is 6.78. The Balaban J connectivity index is 1.62. The van der Waals surface area contributed by atoms with Crippen molar-refractivity contribution in [3.63, 3.8) is 0 Å². The third kappa shape index (κ3) is 2.52. The third-order valence-electron chi connectivity index (χ3n) is 5.19. The monoisotopic (exact) mass is 254 g/mol. The van der Waals surface area contributed by atoms with E-state index in [-0.39, 0.29) is 0 Å². The van der Waals surface area contributed by atoms with E-state index in [0.717, 1.165) is 18.0 Å². The van der Waals surface area contributed by atoms with Crippen molar-refractivity contribution >= 4 is 11.8 Å². The van der Waals surface area contributed by atoms with Gasteiger partial charge in [0.1, 0.15) is 0 Å². The number of piperidine rings is 3. The maximum Gasteiger partial charge on any atom is 0.0227 e. The van der Waals surface area contributed by atoms with E-state index in [2.05, 4.69) is 35.8 Å². The highest BCUT2D eigenvalue weighted by Crippen LogP contribution is 2.36. The minimum atomic E-state index is 0.497. The van der Waals surface area contributed by atoms with E-state index in [1.807, 2.05) is 0 Å². The molecule has 1 N–H and O–H groups in total. The Morgan fingerprint density at radius 3 is 2.59 bits per heavy atom. The lowest BCUT2D eigenvalue weighted by Crippen LogP contribution is -2.61. The summed E-state index contributed by atoms with van der Waals surface area (Å²) in [7, 11) is 0. The van der Waals surface area contributed by atoms with E-state index in [4.69, 9.17) is 0 Å². The molecule has 0 aromatic heterocycles. The van der Waals surface area contributed by atoms with Gasteiger partial charge in [-0.2, -0.15) is 11.8 Å². The Kier molecular flexibility index (Phi) is 3.44. The van der Waals surface area contributed by atoms with Crippen molar-refractivity contribution in [3.05, 3.63) is 0 Å². The molecule has 4 saturated heterocycles. The van der Waals surface area contributed by atoms with Gasteiger partial charge in [0.2, 0.25) is 0 Å². The first kappa shape index (κ1) is 12.3. The lowest BCUT2D eigenvalue weighted by Gasteiger charge is -2.49.